The maximum absolute atomic E-state index is 10.2. The van der Waals surface area contributed by atoms with Crippen LogP contribution in [0, 0.1) is 83.1 Å². The topological polar surface area (TPSA) is 29.0 Å². The lowest BCUT2D eigenvalue weighted by molar-refractivity contribution is 0.568. The van der Waals surface area contributed by atoms with E-state index in [9.17, 15) is 5.48 Å². The number of para-hydroxylation sites is 1. The summed E-state index contributed by atoms with van der Waals surface area (Å²) in [5, 5.41) is 10.2. The first-order chi connectivity index (χ1) is 55.2. The predicted octanol–water partition coefficient (Wildman–Crippen LogP) is 28.9. The highest BCUT2D eigenvalue weighted by Crippen LogP contribution is 2.54. The van der Waals surface area contributed by atoms with Crippen molar-refractivity contribution < 1.29 is 5.48 Å². The van der Waals surface area contributed by atoms with Gasteiger partial charge in [-0.2, -0.15) is 0 Å². The van der Waals surface area contributed by atoms with Crippen LogP contribution in [0.2, 0.25) is 0 Å². The van der Waals surface area contributed by atoms with E-state index >= 15 is 0 Å². The van der Waals surface area contributed by atoms with Gasteiger partial charge in [0.2, 0.25) is 0 Å². The maximum atomic E-state index is 10.2. The zero-order valence-corrected chi connectivity index (χ0v) is 72.8. The molecule has 16 rings (SSSR count). The van der Waals surface area contributed by atoms with Crippen LogP contribution in [0.4, 0.5) is 22.7 Å². The number of rotatable bonds is 9. The third-order valence-electron chi connectivity index (χ3n) is 24.9. The van der Waals surface area contributed by atoms with Crippen LogP contribution in [-0.2, 0) is 27.1 Å². The molecule has 0 bridgehead atoms. The first-order valence-electron chi connectivity index (χ1n) is 43.3. The van der Waals surface area contributed by atoms with E-state index in [1.165, 1.54) is 111 Å². The molecule has 0 aliphatic carbocycles. The van der Waals surface area contributed by atoms with Crippen molar-refractivity contribution in [2.45, 2.75) is 214 Å². The summed E-state index contributed by atoms with van der Waals surface area (Å²) < 4.78 is 41.1. The van der Waals surface area contributed by atoms with Crippen LogP contribution >= 0.6 is 0 Å². The summed E-state index contributed by atoms with van der Waals surface area (Å²) in [5.74, 6) is 0. The molecule has 114 heavy (non-hydrogen) atoms. The number of fused-ring (bicyclic) bond motifs is 7. The quantitative estimate of drug-likeness (QED) is 0.141. The average Bonchev–Trinajstić information content (AvgIpc) is 0.919. The number of anilines is 4. The van der Waals surface area contributed by atoms with Gasteiger partial charge in [-0.3, -0.25) is 0 Å². The minimum absolute atomic E-state index is 0.0596. The van der Waals surface area contributed by atoms with Crippen LogP contribution in [0.15, 0.2) is 200 Å². The molecule has 0 atom stereocenters. The molecule has 3 nitrogen and oxygen atoms in total. The van der Waals surface area contributed by atoms with Crippen molar-refractivity contribution in [2.24, 2.45) is 0 Å². The highest BCUT2D eigenvalue weighted by molar-refractivity contribution is 7.00. The van der Waals surface area contributed by atoms with Crippen LogP contribution in [0.25, 0.3) is 117 Å². The largest absolute Gasteiger partial charge is 0.356 e. The van der Waals surface area contributed by atoms with Gasteiger partial charge in [0.15, 0.2) is 0 Å². The van der Waals surface area contributed by atoms with Gasteiger partial charge in [-0.15, -0.1) is 0 Å². The summed E-state index contributed by atoms with van der Waals surface area (Å²) in [7, 11) is 0. The Morgan fingerprint density at radius 1 is 0.289 bits per heavy atom. The van der Waals surface area contributed by atoms with Crippen molar-refractivity contribution in [2.75, 3.05) is 10.6 Å². The van der Waals surface area contributed by atoms with E-state index in [-0.39, 0.29) is 51.2 Å². The summed E-state index contributed by atoms with van der Waals surface area (Å²) in [6.07, 6.45) is 0. The summed E-state index contributed by atoms with van der Waals surface area (Å²) in [4.78, 5) is 0. The smallest absolute Gasteiger partial charge is 0.252 e. The van der Waals surface area contributed by atoms with Gasteiger partial charge >= 0.3 is 0 Å². The van der Waals surface area contributed by atoms with E-state index in [0.717, 1.165) is 128 Å². The maximum Gasteiger partial charge on any atom is 0.252 e. The second-order valence-corrected chi connectivity index (χ2v) is 39.3. The monoisotopic (exact) mass is 1490 g/mol. The Morgan fingerprint density at radius 2 is 0.605 bits per heavy atom. The molecule has 0 fully saturated rings. The molecule has 13 aromatic carbocycles. The van der Waals surface area contributed by atoms with Crippen molar-refractivity contribution in [3.8, 4) is 94.7 Å². The predicted molar refractivity (Wildman–Crippen MR) is 499 cm³/mol. The number of aryl methyl sites for hydroxylation is 12. The minimum atomic E-state index is -0.461. The molecule has 2 aliphatic heterocycles. The van der Waals surface area contributed by atoms with Gasteiger partial charge in [0.05, 0.1) is 22.2 Å². The van der Waals surface area contributed by atoms with E-state index in [2.05, 4.69) is 378 Å². The second kappa shape index (κ2) is 27.5. The van der Waals surface area contributed by atoms with Crippen LogP contribution in [0.5, 0.6) is 0 Å². The molecule has 2 aliphatic rings. The van der Waals surface area contributed by atoms with Gasteiger partial charge in [-0.25, -0.2) is 0 Å². The molecule has 0 amide bonds. The Kier molecular flexibility index (Phi) is 17.5. The minimum Gasteiger partial charge on any atom is -0.356 e. The van der Waals surface area contributed by atoms with Crippen molar-refractivity contribution >= 4 is 67.7 Å². The van der Waals surface area contributed by atoms with Crippen LogP contribution in [0.1, 0.15) is 204 Å². The summed E-state index contributed by atoms with van der Waals surface area (Å²) in [6, 6.07) is 68.3. The molecule has 14 aromatic rings. The van der Waals surface area contributed by atoms with Crippen molar-refractivity contribution in [1.29, 1.82) is 0 Å². The molecule has 0 saturated heterocycles. The van der Waals surface area contributed by atoms with E-state index in [4.69, 9.17) is 0 Å². The van der Waals surface area contributed by atoms with Gasteiger partial charge in [0.25, 0.3) is 6.71 Å². The van der Waals surface area contributed by atoms with Crippen molar-refractivity contribution in [1.82, 2.24) is 4.57 Å². The third-order valence-corrected chi connectivity index (χ3v) is 24.9. The molecule has 0 spiro atoms. The Bertz CT molecular complexity index is 6010. The summed E-state index contributed by atoms with van der Waals surface area (Å²) in [6.45, 7) is 61.5. The number of hydrogen-bond acceptors (Lipinski definition) is 2. The molecule has 0 radical (unpaired) electrons. The van der Waals surface area contributed by atoms with Gasteiger partial charge in [0.1, 0.15) is 0 Å². The summed E-state index contributed by atoms with van der Waals surface area (Å²) >= 11 is 0. The number of hydrogen-bond donors (Lipinski definition) is 2. The molecule has 2 N–H and O–H groups in total. The molecule has 0 saturated carbocycles. The number of benzene rings is 13. The second-order valence-electron chi connectivity index (χ2n) is 39.3. The van der Waals surface area contributed by atoms with Crippen LogP contribution in [0.3, 0.4) is 0 Å². The first kappa shape index (κ1) is 72.3. The molecule has 574 valence electrons. The van der Waals surface area contributed by atoms with Crippen molar-refractivity contribution in [3.63, 3.8) is 0 Å². The van der Waals surface area contributed by atoms with Crippen LogP contribution in [-0.4, -0.2) is 11.3 Å². The molecular formula is C110H116BN3. The van der Waals surface area contributed by atoms with Gasteiger partial charge < -0.3 is 15.2 Å². The SMILES string of the molecule is [2H]c1c([2H])c([2H])c2c(c1[2H])c1cc(C(C)(C)C)ccc1n2-c1cc2c3c(c1)Nc1c(cc(-c4cc(C(C)(C)C)cc(C(C)(C)C)c4)cc1-c1c(-c4c(C)cc(C)cc4C)cccc1-c1c(C)cc(C)cc1C)B3c1cc(-c3cc(C(C)(C)C)cc(C(C)(C)C)c3)cc(-c3c(-c4c(C)cc(C)cc4C)cccc3-c3c(C)cc(C)cc3C)c1N2. The fraction of sp³-hybridized carbons (Fsp3) is 0.291. The zero-order valence-electron chi connectivity index (χ0n) is 76.8. The molecule has 1 aromatic heterocycles. The summed E-state index contributed by atoms with van der Waals surface area (Å²) in [5.41, 5.74) is 47.2. The normalized spacial score (nSPS) is 13.5. The molecule has 4 heteroatoms. The van der Waals surface area contributed by atoms with E-state index in [1.807, 2.05) is 0 Å². The van der Waals surface area contributed by atoms with E-state index < -0.39 is 6.71 Å². The van der Waals surface area contributed by atoms with Gasteiger partial charge in [-0.1, -0.05) is 284 Å². The zero-order chi connectivity index (χ0) is 84.9. The Balaban J connectivity index is 1.16. The molecule has 3 heterocycles. The Morgan fingerprint density at radius 3 is 0.930 bits per heavy atom. The highest BCUT2D eigenvalue weighted by Gasteiger charge is 2.43. The lowest BCUT2D eigenvalue weighted by atomic mass is 9.33. The highest BCUT2D eigenvalue weighted by atomic mass is 15.0. The third kappa shape index (κ3) is 13.5. The average molecular weight is 1490 g/mol. The number of aromatic nitrogens is 1. The van der Waals surface area contributed by atoms with Crippen LogP contribution < -0.4 is 27.0 Å². The van der Waals surface area contributed by atoms with Gasteiger partial charge in [0, 0.05) is 44.6 Å². The molecular weight excluding hydrogens is 1370 g/mol. The number of nitrogens with one attached hydrogen (secondary N) is 2. The Hall–Kier alpha value is -10.7. The number of nitrogens with zero attached hydrogens (tertiary/aromatic N) is 1. The standard InChI is InChI=1S/C110H116BN3/c1-61-40-65(5)97(66(6)41-61)84-33-30-34-85(98-67(7)42-62(2)43-68(98)8)101(84)89-52-75(73-48-78(107(16,17)18)56-79(49-73)108(19,20)21)54-91-104(89)112-93-59-82(114-95-37-29-28-32-83(95)88-58-77(106(13,14)15)38-39-96(88)114)60-94-103(93)111(91)92-55-76(74-50-80(109(22,23)24)57-81(51-74)110(25,26)27)53-90(105(92)113-94)102-86(99-69(9)44-63(3)45-70(99)10)35-31-36-87(102)100-71(11)46-64(4)47-72(100)12/h28-60,112-113H,1-27H3/i28D,29D,32D,37D. The van der Waals surface area contributed by atoms with Gasteiger partial charge in [-0.05, 0) is 319 Å². The lowest BCUT2D eigenvalue weighted by Gasteiger charge is -2.38. The lowest BCUT2D eigenvalue weighted by Crippen LogP contribution is -2.59. The first-order valence-corrected chi connectivity index (χ1v) is 41.3. The molecule has 0 unspecified atom stereocenters. The Labute approximate surface area is 687 Å². The fourth-order valence-corrected chi connectivity index (χ4v) is 19.5. The van der Waals surface area contributed by atoms with Crippen molar-refractivity contribution in [3.05, 3.63) is 295 Å². The van der Waals surface area contributed by atoms with E-state index in [1.54, 1.807) is 0 Å². The fourth-order valence-electron chi connectivity index (χ4n) is 19.5. The van der Waals surface area contributed by atoms with E-state index in [0.29, 0.717) is 10.9 Å².